The van der Waals surface area contributed by atoms with E-state index in [1.54, 1.807) is 0 Å². The van der Waals surface area contributed by atoms with Gasteiger partial charge in [0.15, 0.2) is 0 Å². The number of unbranched alkanes of at least 4 members (excludes halogenated alkanes) is 2. The Kier molecular flexibility index (Phi) is 7.51. The van der Waals surface area contributed by atoms with Crippen molar-refractivity contribution in [3.8, 4) is 0 Å². The normalized spacial score (nSPS) is 10.6. The van der Waals surface area contributed by atoms with Gasteiger partial charge in [-0.15, -0.1) is 0 Å². The smallest absolute Gasteiger partial charge is 0.0363 e. The molecule has 0 bridgehead atoms. The SMILES string of the molecule is CCCNCCCCCN(C)c1ccc(C)cc1. The van der Waals surface area contributed by atoms with Gasteiger partial charge in [0.2, 0.25) is 0 Å². The van der Waals surface area contributed by atoms with Gasteiger partial charge in [-0.05, 0) is 51.4 Å². The summed E-state index contributed by atoms with van der Waals surface area (Å²) in [5.74, 6) is 0. The molecule has 0 aliphatic heterocycles. The highest BCUT2D eigenvalue weighted by molar-refractivity contribution is 5.46. The zero-order chi connectivity index (χ0) is 13.2. The molecule has 18 heavy (non-hydrogen) atoms. The van der Waals surface area contributed by atoms with Gasteiger partial charge in [-0.1, -0.05) is 31.0 Å². The van der Waals surface area contributed by atoms with Gasteiger partial charge in [-0.3, -0.25) is 0 Å². The number of hydrogen-bond donors (Lipinski definition) is 1. The molecule has 2 nitrogen and oxygen atoms in total. The van der Waals surface area contributed by atoms with Crippen molar-refractivity contribution >= 4 is 5.69 Å². The second-order valence-electron chi connectivity index (χ2n) is 5.07. The van der Waals surface area contributed by atoms with E-state index in [9.17, 15) is 0 Å². The average molecular weight is 248 g/mol. The lowest BCUT2D eigenvalue weighted by molar-refractivity contribution is 0.598. The summed E-state index contributed by atoms with van der Waals surface area (Å²) in [4.78, 5) is 2.35. The van der Waals surface area contributed by atoms with Crippen LogP contribution in [0.1, 0.15) is 38.2 Å². The van der Waals surface area contributed by atoms with Crippen LogP contribution in [0.3, 0.4) is 0 Å². The number of aryl methyl sites for hydroxylation is 1. The van der Waals surface area contributed by atoms with Gasteiger partial charge in [-0.25, -0.2) is 0 Å². The number of rotatable bonds is 9. The Morgan fingerprint density at radius 3 is 2.39 bits per heavy atom. The molecule has 0 atom stereocenters. The molecule has 1 aromatic carbocycles. The van der Waals surface area contributed by atoms with Crippen LogP contribution in [0, 0.1) is 6.92 Å². The van der Waals surface area contributed by atoms with Crippen molar-refractivity contribution in [2.45, 2.75) is 39.5 Å². The molecule has 1 N–H and O–H groups in total. The third-order valence-corrected chi connectivity index (χ3v) is 3.25. The fraction of sp³-hybridized carbons (Fsp3) is 0.625. The molecule has 0 saturated carbocycles. The monoisotopic (exact) mass is 248 g/mol. The van der Waals surface area contributed by atoms with Crippen LogP contribution in [-0.2, 0) is 0 Å². The van der Waals surface area contributed by atoms with Crippen LogP contribution in [-0.4, -0.2) is 26.7 Å². The van der Waals surface area contributed by atoms with Crippen LogP contribution in [0.5, 0.6) is 0 Å². The maximum Gasteiger partial charge on any atom is 0.0363 e. The first-order valence-corrected chi connectivity index (χ1v) is 7.22. The summed E-state index contributed by atoms with van der Waals surface area (Å²) >= 11 is 0. The molecule has 0 aliphatic carbocycles. The van der Waals surface area contributed by atoms with Crippen molar-refractivity contribution in [1.82, 2.24) is 5.32 Å². The van der Waals surface area contributed by atoms with E-state index in [1.165, 1.54) is 43.5 Å². The van der Waals surface area contributed by atoms with Crippen molar-refractivity contribution in [3.05, 3.63) is 29.8 Å². The highest BCUT2D eigenvalue weighted by atomic mass is 15.1. The maximum atomic E-state index is 3.45. The Bertz CT molecular complexity index is 305. The van der Waals surface area contributed by atoms with Gasteiger partial charge in [0.25, 0.3) is 0 Å². The number of nitrogens with one attached hydrogen (secondary N) is 1. The molecule has 0 amide bonds. The predicted octanol–water partition coefficient (Wildman–Crippen LogP) is 3.60. The molecule has 0 radical (unpaired) electrons. The second-order valence-corrected chi connectivity index (χ2v) is 5.07. The average Bonchev–Trinajstić information content (AvgIpc) is 2.38. The summed E-state index contributed by atoms with van der Waals surface area (Å²) in [7, 11) is 2.18. The van der Waals surface area contributed by atoms with E-state index >= 15 is 0 Å². The molecule has 0 spiro atoms. The zero-order valence-corrected chi connectivity index (χ0v) is 12.2. The molecule has 0 aliphatic rings. The minimum absolute atomic E-state index is 1.15. The lowest BCUT2D eigenvalue weighted by atomic mass is 10.2. The van der Waals surface area contributed by atoms with Crippen LogP contribution >= 0.6 is 0 Å². The molecule has 0 fully saturated rings. The molecule has 2 heteroatoms. The van der Waals surface area contributed by atoms with E-state index in [-0.39, 0.29) is 0 Å². The highest BCUT2D eigenvalue weighted by Crippen LogP contribution is 2.13. The van der Waals surface area contributed by atoms with Gasteiger partial charge in [-0.2, -0.15) is 0 Å². The lowest BCUT2D eigenvalue weighted by Crippen LogP contribution is -2.19. The largest absolute Gasteiger partial charge is 0.375 e. The molecule has 1 rings (SSSR count). The van der Waals surface area contributed by atoms with E-state index in [4.69, 9.17) is 0 Å². The molecule has 102 valence electrons. The topological polar surface area (TPSA) is 15.3 Å². The Labute approximate surface area is 112 Å². The summed E-state index contributed by atoms with van der Waals surface area (Å²) in [6, 6.07) is 8.78. The first kappa shape index (κ1) is 15.0. The zero-order valence-electron chi connectivity index (χ0n) is 12.2. The van der Waals surface area contributed by atoms with Crippen molar-refractivity contribution in [2.24, 2.45) is 0 Å². The first-order chi connectivity index (χ1) is 8.74. The van der Waals surface area contributed by atoms with E-state index in [0.29, 0.717) is 0 Å². The molecule has 0 unspecified atom stereocenters. The van der Waals surface area contributed by atoms with E-state index in [2.05, 4.69) is 55.4 Å². The summed E-state index contributed by atoms with van der Waals surface area (Å²) in [5, 5.41) is 3.45. The Morgan fingerprint density at radius 2 is 1.72 bits per heavy atom. The molecule has 0 heterocycles. The fourth-order valence-corrected chi connectivity index (χ4v) is 2.01. The predicted molar refractivity (Wildman–Crippen MR) is 81.5 cm³/mol. The van der Waals surface area contributed by atoms with Crippen molar-refractivity contribution in [2.75, 3.05) is 31.6 Å². The number of nitrogens with zero attached hydrogens (tertiary/aromatic N) is 1. The van der Waals surface area contributed by atoms with E-state index < -0.39 is 0 Å². The molecule has 1 aromatic rings. The summed E-state index contributed by atoms with van der Waals surface area (Å²) < 4.78 is 0. The summed E-state index contributed by atoms with van der Waals surface area (Å²) in [6.07, 6.45) is 5.11. The van der Waals surface area contributed by atoms with Crippen LogP contribution in [0.4, 0.5) is 5.69 Å². The van der Waals surface area contributed by atoms with Crippen molar-refractivity contribution in [3.63, 3.8) is 0 Å². The molecular weight excluding hydrogens is 220 g/mol. The lowest BCUT2D eigenvalue weighted by Gasteiger charge is -2.19. The van der Waals surface area contributed by atoms with Gasteiger partial charge in [0, 0.05) is 19.3 Å². The fourth-order valence-electron chi connectivity index (χ4n) is 2.01. The first-order valence-electron chi connectivity index (χ1n) is 7.22. The van der Waals surface area contributed by atoms with Crippen LogP contribution in [0.2, 0.25) is 0 Å². The van der Waals surface area contributed by atoms with Gasteiger partial charge in [0.1, 0.15) is 0 Å². The van der Waals surface area contributed by atoms with E-state index in [0.717, 1.165) is 13.1 Å². The summed E-state index contributed by atoms with van der Waals surface area (Å²) in [6.45, 7) is 7.82. The minimum Gasteiger partial charge on any atom is -0.375 e. The third kappa shape index (κ3) is 6.06. The number of benzene rings is 1. The number of hydrogen-bond acceptors (Lipinski definition) is 2. The van der Waals surface area contributed by atoms with Gasteiger partial charge < -0.3 is 10.2 Å². The Morgan fingerprint density at radius 1 is 1.00 bits per heavy atom. The van der Waals surface area contributed by atoms with Crippen LogP contribution in [0.15, 0.2) is 24.3 Å². The quantitative estimate of drug-likeness (QED) is 0.672. The van der Waals surface area contributed by atoms with Crippen molar-refractivity contribution < 1.29 is 0 Å². The summed E-state index contributed by atoms with van der Waals surface area (Å²) in [5.41, 5.74) is 2.65. The molecule has 0 saturated heterocycles. The van der Waals surface area contributed by atoms with Crippen LogP contribution < -0.4 is 10.2 Å². The van der Waals surface area contributed by atoms with Gasteiger partial charge >= 0.3 is 0 Å². The number of anilines is 1. The second kappa shape index (κ2) is 8.98. The Hall–Kier alpha value is -1.02. The Balaban J connectivity index is 2.10. The standard InChI is InChI=1S/C16H28N2/c1-4-12-17-13-6-5-7-14-18(3)16-10-8-15(2)9-11-16/h8-11,17H,4-7,12-14H2,1-3H3. The van der Waals surface area contributed by atoms with E-state index in [1.807, 2.05) is 0 Å². The molecule has 0 aromatic heterocycles. The minimum atomic E-state index is 1.15. The molecular formula is C16H28N2. The third-order valence-electron chi connectivity index (χ3n) is 3.25. The van der Waals surface area contributed by atoms with Gasteiger partial charge in [0.05, 0.1) is 0 Å². The van der Waals surface area contributed by atoms with Crippen LogP contribution in [0.25, 0.3) is 0 Å². The maximum absolute atomic E-state index is 3.45. The van der Waals surface area contributed by atoms with Crippen molar-refractivity contribution in [1.29, 1.82) is 0 Å². The highest BCUT2D eigenvalue weighted by Gasteiger charge is 1.99.